The van der Waals surface area contributed by atoms with Crippen LogP contribution >= 0.6 is 11.3 Å². The van der Waals surface area contributed by atoms with Crippen LogP contribution in [0.2, 0.25) is 0 Å². The number of aromatic nitrogens is 2. The molecule has 0 aliphatic carbocycles. The Morgan fingerprint density at radius 2 is 2.11 bits per heavy atom. The van der Waals surface area contributed by atoms with Crippen molar-refractivity contribution in [1.82, 2.24) is 20.0 Å². The number of hydrogen-bond donors (Lipinski definition) is 2. The van der Waals surface area contributed by atoms with Crippen LogP contribution in [0.25, 0.3) is 0 Å². The van der Waals surface area contributed by atoms with Gasteiger partial charge in [-0.2, -0.15) is 0 Å². The third kappa shape index (κ3) is 3.80. The largest absolute Gasteiger partial charge is 0.316 e. The standard InChI is InChI=1S/C11H14N4O2S2/c1-12-6-9-2-3-11(14-7-9)19(16,17)15-8-10-13-4-5-18-10/h2-5,7,12,15H,6,8H2,1H3. The Hall–Kier alpha value is -1.35. The van der Waals surface area contributed by atoms with Crippen molar-refractivity contribution in [2.75, 3.05) is 7.05 Å². The molecule has 0 aromatic carbocycles. The van der Waals surface area contributed by atoms with Crippen molar-refractivity contribution >= 4 is 21.4 Å². The second-order valence-electron chi connectivity index (χ2n) is 3.79. The average molecular weight is 298 g/mol. The maximum absolute atomic E-state index is 12.0. The van der Waals surface area contributed by atoms with Crippen LogP contribution in [0, 0.1) is 0 Å². The molecule has 0 unspecified atom stereocenters. The van der Waals surface area contributed by atoms with Crippen molar-refractivity contribution in [3.8, 4) is 0 Å². The monoisotopic (exact) mass is 298 g/mol. The predicted molar refractivity (Wildman–Crippen MR) is 73.1 cm³/mol. The first-order valence-electron chi connectivity index (χ1n) is 5.59. The predicted octanol–water partition coefficient (Wildman–Crippen LogP) is 0.736. The molecular formula is C11H14N4O2S2. The SMILES string of the molecule is CNCc1ccc(S(=O)(=O)NCc2nccs2)nc1. The van der Waals surface area contributed by atoms with E-state index in [-0.39, 0.29) is 11.6 Å². The van der Waals surface area contributed by atoms with Crippen molar-refractivity contribution in [3.63, 3.8) is 0 Å². The first kappa shape index (κ1) is 14.1. The summed E-state index contributed by atoms with van der Waals surface area (Å²) >= 11 is 1.40. The van der Waals surface area contributed by atoms with E-state index in [0.29, 0.717) is 6.54 Å². The maximum Gasteiger partial charge on any atom is 0.258 e. The van der Waals surface area contributed by atoms with E-state index in [1.54, 1.807) is 23.8 Å². The molecule has 19 heavy (non-hydrogen) atoms. The van der Waals surface area contributed by atoms with Gasteiger partial charge in [0.15, 0.2) is 5.03 Å². The van der Waals surface area contributed by atoms with Crippen LogP contribution in [0.15, 0.2) is 34.9 Å². The normalized spacial score (nSPS) is 11.6. The van der Waals surface area contributed by atoms with Crippen LogP contribution in [0.5, 0.6) is 0 Å². The lowest BCUT2D eigenvalue weighted by Gasteiger charge is -2.05. The van der Waals surface area contributed by atoms with E-state index < -0.39 is 10.0 Å². The lowest BCUT2D eigenvalue weighted by atomic mass is 10.3. The Morgan fingerprint density at radius 1 is 1.26 bits per heavy atom. The van der Waals surface area contributed by atoms with Gasteiger partial charge in [-0.05, 0) is 18.7 Å². The minimum Gasteiger partial charge on any atom is -0.316 e. The van der Waals surface area contributed by atoms with Crippen LogP contribution in [0.1, 0.15) is 10.6 Å². The lowest BCUT2D eigenvalue weighted by Crippen LogP contribution is -2.24. The zero-order chi connectivity index (χ0) is 13.7. The quantitative estimate of drug-likeness (QED) is 0.821. The summed E-state index contributed by atoms with van der Waals surface area (Å²) in [7, 11) is -1.76. The van der Waals surface area contributed by atoms with Crippen LogP contribution in [0.3, 0.4) is 0 Å². The molecule has 2 N–H and O–H groups in total. The van der Waals surface area contributed by atoms with E-state index >= 15 is 0 Å². The van der Waals surface area contributed by atoms with Gasteiger partial charge in [-0.25, -0.2) is 23.1 Å². The number of nitrogens with zero attached hydrogens (tertiary/aromatic N) is 2. The average Bonchev–Trinajstić information content (AvgIpc) is 2.91. The van der Waals surface area contributed by atoms with E-state index in [0.717, 1.165) is 10.6 Å². The fraction of sp³-hybridized carbons (Fsp3) is 0.273. The Balaban J connectivity index is 2.06. The number of sulfonamides is 1. The third-order valence-corrected chi connectivity index (χ3v) is 4.45. The molecule has 8 heteroatoms. The van der Waals surface area contributed by atoms with Gasteiger partial charge in [0.1, 0.15) is 5.01 Å². The van der Waals surface area contributed by atoms with E-state index in [9.17, 15) is 8.42 Å². The van der Waals surface area contributed by atoms with Crippen LogP contribution < -0.4 is 10.0 Å². The number of thiazole rings is 1. The fourth-order valence-electron chi connectivity index (χ4n) is 1.45. The van der Waals surface area contributed by atoms with Gasteiger partial charge < -0.3 is 5.32 Å². The number of hydrogen-bond acceptors (Lipinski definition) is 6. The molecule has 2 heterocycles. The molecule has 2 rings (SSSR count). The molecule has 0 bridgehead atoms. The molecule has 0 saturated carbocycles. The first-order valence-corrected chi connectivity index (χ1v) is 7.95. The summed E-state index contributed by atoms with van der Waals surface area (Å²) in [6, 6.07) is 3.23. The molecule has 0 atom stereocenters. The molecule has 0 spiro atoms. The molecule has 0 fully saturated rings. The van der Waals surface area contributed by atoms with Gasteiger partial charge >= 0.3 is 0 Å². The van der Waals surface area contributed by atoms with E-state index in [2.05, 4.69) is 20.0 Å². The summed E-state index contributed by atoms with van der Waals surface area (Å²) < 4.78 is 26.4. The van der Waals surface area contributed by atoms with Crippen molar-refractivity contribution < 1.29 is 8.42 Å². The summed E-state index contributed by atoms with van der Waals surface area (Å²) in [4.78, 5) is 7.98. The molecule has 6 nitrogen and oxygen atoms in total. The third-order valence-electron chi connectivity index (χ3n) is 2.35. The highest BCUT2D eigenvalue weighted by molar-refractivity contribution is 7.89. The topological polar surface area (TPSA) is 84.0 Å². The molecule has 0 aliphatic heterocycles. The zero-order valence-corrected chi connectivity index (χ0v) is 12.0. The van der Waals surface area contributed by atoms with Crippen molar-refractivity contribution in [3.05, 3.63) is 40.5 Å². The Morgan fingerprint density at radius 3 is 2.68 bits per heavy atom. The second kappa shape index (κ2) is 6.20. The van der Waals surface area contributed by atoms with Crippen molar-refractivity contribution in [2.45, 2.75) is 18.1 Å². The fourth-order valence-corrected chi connectivity index (χ4v) is 3.01. The number of nitrogens with one attached hydrogen (secondary N) is 2. The maximum atomic E-state index is 12.0. The van der Waals surface area contributed by atoms with E-state index in [4.69, 9.17) is 0 Å². The van der Waals surface area contributed by atoms with E-state index in [1.807, 2.05) is 7.05 Å². The lowest BCUT2D eigenvalue weighted by molar-refractivity contribution is 0.577. The number of rotatable bonds is 6. The molecular weight excluding hydrogens is 284 g/mol. The Kier molecular flexibility index (Phi) is 4.59. The zero-order valence-electron chi connectivity index (χ0n) is 10.3. The summed E-state index contributed by atoms with van der Waals surface area (Å²) in [6.45, 7) is 0.833. The minimum atomic E-state index is -3.58. The van der Waals surface area contributed by atoms with Gasteiger partial charge in [-0.15, -0.1) is 11.3 Å². The summed E-state index contributed by atoms with van der Waals surface area (Å²) in [6.07, 6.45) is 3.19. The second-order valence-corrected chi connectivity index (χ2v) is 6.48. The highest BCUT2D eigenvalue weighted by Gasteiger charge is 2.15. The summed E-state index contributed by atoms with van der Waals surface area (Å²) in [5.41, 5.74) is 0.932. The first-order chi connectivity index (χ1) is 9.12. The van der Waals surface area contributed by atoms with Gasteiger partial charge in [0.25, 0.3) is 10.0 Å². The van der Waals surface area contributed by atoms with Crippen molar-refractivity contribution in [2.24, 2.45) is 0 Å². The molecule has 2 aromatic rings. The molecule has 102 valence electrons. The Labute approximate surface area is 116 Å². The van der Waals surface area contributed by atoms with Gasteiger partial charge in [0.2, 0.25) is 0 Å². The van der Waals surface area contributed by atoms with Crippen LogP contribution in [0.4, 0.5) is 0 Å². The summed E-state index contributed by atoms with van der Waals surface area (Å²) in [5.74, 6) is 0. The van der Waals surface area contributed by atoms with Gasteiger partial charge in [0.05, 0.1) is 6.54 Å². The molecule has 0 amide bonds. The molecule has 0 aliphatic rings. The molecule has 0 saturated heterocycles. The number of pyridine rings is 1. The van der Waals surface area contributed by atoms with E-state index in [1.165, 1.54) is 17.4 Å². The summed E-state index contributed by atoms with van der Waals surface area (Å²) in [5, 5.41) is 5.51. The van der Waals surface area contributed by atoms with Gasteiger partial charge in [-0.3, -0.25) is 0 Å². The smallest absolute Gasteiger partial charge is 0.258 e. The van der Waals surface area contributed by atoms with Crippen LogP contribution in [-0.2, 0) is 23.1 Å². The molecule has 0 radical (unpaired) electrons. The van der Waals surface area contributed by atoms with Gasteiger partial charge in [-0.1, -0.05) is 6.07 Å². The highest BCUT2D eigenvalue weighted by atomic mass is 32.2. The Bertz CT molecular complexity index is 609. The minimum absolute atomic E-state index is 0.0175. The van der Waals surface area contributed by atoms with Gasteiger partial charge in [0, 0.05) is 24.3 Å². The molecule has 2 aromatic heterocycles. The van der Waals surface area contributed by atoms with Crippen molar-refractivity contribution in [1.29, 1.82) is 0 Å². The van der Waals surface area contributed by atoms with Crippen LogP contribution in [-0.4, -0.2) is 25.4 Å². The highest BCUT2D eigenvalue weighted by Crippen LogP contribution is 2.09.